The lowest BCUT2D eigenvalue weighted by Crippen LogP contribution is -2.60. The Bertz CT molecular complexity index is 1070. The molecule has 7 N–H and O–H groups in total. The van der Waals surface area contributed by atoms with Crippen molar-refractivity contribution in [2.45, 2.75) is 49.8 Å². The van der Waals surface area contributed by atoms with Gasteiger partial charge in [-0.05, 0) is 17.7 Å². The van der Waals surface area contributed by atoms with E-state index < -0.39 is 74.5 Å². The lowest BCUT2D eigenvalue weighted by Gasteiger charge is -2.41. The summed E-state index contributed by atoms with van der Waals surface area (Å²) in [5.74, 6) is -3.24. The fourth-order valence-corrected chi connectivity index (χ4v) is 4.16. The standard InChI is InChI=1S/C25H32O14/c1-35-23(34)15-11-37-24(39-25-22(33)21(32)20(31)18(10-27)38-25)13(4-6-26)14(15)9-19(30)36-7-5-12-2-3-16(28)17(29)8-12/h2-4,8,11,14,18,20-22,24-29,31-33H,5-7,9-10H2,1H3/b13-4-/t14-,18+,20+,21-,22-,24-,25-/m0/s1. The van der Waals surface area contributed by atoms with Crippen LogP contribution >= 0.6 is 0 Å². The van der Waals surface area contributed by atoms with Crippen LogP contribution in [0.5, 0.6) is 11.5 Å². The van der Waals surface area contributed by atoms with Crippen LogP contribution in [0.1, 0.15) is 12.0 Å². The molecule has 2 aliphatic rings. The Morgan fingerprint density at radius 1 is 1.05 bits per heavy atom. The predicted molar refractivity (Wildman–Crippen MR) is 128 cm³/mol. The summed E-state index contributed by atoms with van der Waals surface area (Å²) < 4.78 is 26.5. The van der Waals surface area contributed by atoms with E-state index in [1.54, 1.807) is 6.07 Å². The average Bonchev–Trinajstić information content (AvgIpc) is 2.92. The first-order valence-electron chi connectivity index (χ1n) is 12.0. The third-order valence-corrected chi connectivity index (χ3v) is 6.29. The first-order chi connectivity index (χ1) is 18.6. The summed E-state index contributed by atoms with van der Waals surface area (Å²) in [4.78, 5) is 25.1. The Hall–Kier alpha value is -3.24. The van der Waals surface area contributed by atoms with Crippen LogP contribution in [0.4, 0.5) is 0 Å². The topological polar surface area (TPSA) is 222 Å². The lowest BCUT2D eigenvalue weighted by atomic mass is 9.86. The highest BCUT2D eigenvalue weighted by Gasteiger charge is 2.47. The van der Waals surface area contributed by atoms with Crippen LogP contribution < -0.4 is 0 Å². The summed E-state index contributed by atoms with van der Waals surface area (Å²) in [5.41, 5.74) is 0.581. The van der Waals surface area contributed by atoms with Crippen molar-refractivity contribution in [2.75, 3.05) is 26.9 Å². The summed E-state index contributed by atoms with van der Waals surface area (Å²) in [6.45, 7) is -1.34. The predicted octanol–water partition coefficient (Wildman–Crippen LogP) is -1.66. The number of phenolic OH excluding ortho intramolecular Hbond substituents is 2. The third-order valence-electron chi connectivity index (χ3n) is 6.29. The van der Waals surface area contributed by atoms with Gasteiger partial charge in [0.05, 0.1) is 45.2 Å². The minimum absolute atomic E-state index is 0.0813. The molecule has 0 bridgehead atoms. The van der Waals surface area contributed by atoms with Crippen LogP contribution in [0.25, 0.3) is 0 Å². The van der Waals surface area contributed by atoms with E-state index in [1.807, 2.05) is 0 Å². The van der Waals surface area contributed by atoms with Crippen molar-refractivity contribution in [3.8, 4) is 11.5 Å². The maximum absolute atomic E-state index is 12.7. The Morgan fingerprint density at radius 3 is 2.44 bits per heavy atom. The highest BCUT2D eigenvalue weighted by Crippen LogP contribution is 2.36. The quantitative estimate of drug-likeness (QED) is 0.0974. The molecule has 0 unspecified atom stereocenters. The smallest absolute Gasteiger partial charge is 0.337 e. The van der Waals surface area contributed by atoms with Gasteiger partial charge in [-0.2, -0.15) is 0 Å². The van der Waals surface area contributed by atoms with Gasteiger partial charge in [-0.1, -0.05) is 12.1 Å². The van der Waals surface area contributed by atoms with Crippen molar-refractivity contribution < 1.29 is 69.0 Å². The number of benzene rings is 1. The molecule has 0 amide bonds. The van der Waals surface area contributed by atoms with Gasteiger partial charge in [0, 0.05) is 17.9 Å². The molecule has 0 spiro atoms. The molecular formula is C25H32O14. The molecule has 0 saturated carbocycles. The van der Waals surface area contributed by atoms with Crippen LogP contribution in [0.15, 0.2) is 41.7 Å². The second-order valence-corrected chi connectivity index (χ2v) is 8.80. The molecular weight excluding hydrogens is 524 g/mol. The van der Waals surface area contributed by atoms with E-state index >= 15 is 0 Å². The molecule has 0 aromatic heterocycles. The molecule has 1 aromatic rings. The molecule has 1 saturated heterocycles. The number of hydrogen-bond donors (Lipinski definition) is 7. The van der Waals surface area contributed by atoms with Crippen LogP contribution in [0.3, 0.4) is 0 Å². The first-order valence-corrected chi connectivity index (χ1v) is 12.0. The number of aliphatic hydroxyl groups is 5. The second-order valence-electron chi connectivity index (χ2n) is 8.80. The van der Waals surface area contributed by atoms with E-state index in [0.717, 1.165) is 13.4 Å². The van der Waals surface area contributed by atoms with Gasteiger partial charge in [0.25, 0.3) is 0 Å². The van der Waals surface area contributed by atoms with E-state index in [4.69, 9.17) is 23.7 Å². The molecule has 2 aliphatic heterocycles. The summed E-state index contributed by atoms with van der Waals surface area (Å²) >= 11 is 0. The largest absolute Gasteiger partial charge is 0.504 e. The van der Waals surface area contributed by atoms with E-state index in [-0.39, 0.29) is 35.7 Å². The molecule has 7 atom stereocenters. The Kier molecular flexibility index (Phi) is 10.7. The van der Waals surface area contributed by atoms with E-state index in [1.165, 1.54) is 18.2 Å². The number of hydrogen-bond acceptors (Lipinski definition) is 14. The number of carbonyl (C=O) groups is 2. The highest BCUT2D eigenvalue weighted by molar-refractivity contribution is 5.90. The number of aliphatic hydroxyl groups excluding tert-OH is 5. The van der Waals surface area contributed by atoms with Gasteiger partial charge in [0.1, 0.15) is 24.4 Å². The zero-order valence-electron chi connectivity index (χ0n) is 21.0. The van der Waals surface area contributed by atoms with Crippen molar-refractivity contribution in [2.24, 2.45) is 5.92 Å². The average molecular weight is 557 g/mol. The fraction of sp³-hybridized carbons (Fsp3) is 0.520. The molecule has 39 heavy (non-hydrogen) atoms. The molecule has 1 fully saturated rings. The van der Waals surface area contributed by atoms with Crippen LogP contribution in [0, 0.1) is 5.92 Å². The molecule has 0 aliphatic carbocycles. The summed E-state index contributed by atoms with van der Waals surface area (Å²) in [5, 5.41) is 68.4. The zero-order chi connectivity index (χ0) is 28.7. The van der Waals surface area contributed by atoms with Crippen LogP contribution in [-0.2, 0) is 39.7 Å². The normalized spacial score (nSPS) is 29.8. The number of rotatable bonds is 10. The van der Waals surface area contributed by atoms with Gasteiger partial charge in [0.15, 0.2) is 17.8 Å². The molecule has 14 nitrogen and oxygen atoms in total. The summed E-state index contributed by atoms with van der Waals surface area (Å²) in [7, 11) is 1.12. The van der Waals surface area contributed by atoms with Crippen molar-refractivity contribution in [1.29, 1.82) is 0 Å². The van der Waals surface area contributed by atoms with Gasteiger partial charge >= 0.3 is 11.9 Å². The third kappa shape index (κ3) is 7.24. The summed E-state index contributed by atoms with van der Waals surface area (Å²) in [6.07, 6.45) is -7.37. The zero-order valence-corrected chi connectivity index (χ0v) is 21.0. The van der Waals surface area contributed by atoms with Crippen LogP contribution in [-0.4, -0.2) is 112 Å². The number of methoxy groups -OCH3 is 1. The van der Waals surface area contributed by atoms with Crippen molar-refractivity contribution in [1.82, 2.24) is 0 Å². The maximum Gasteiger partial charge on any atom is 0.337 e. The molecule has 14 heteroatoms. The van der Waals surface area contributed by atoms with Gasteiger partial charge in [-0.15, -0.1) is 0 Å². The molecule has 216 valence electrons. The van der Waals surface area contributed by atoms with Gasteiger partial charge in [0.2, 0.25) is 6.29 Å². The number of carbonyl (C=O) groups excluding carboxylic acids is 2. The second kappa shape index (κ2) is 13.7. The Balaban J connectivity index is 1.75. The lowest BCUT2D eigenvalue weighted by molar-refractivity contribution is -0.327. The number of aromatic hydroxyl groups is 2. The molecule has 0 radical (unpaired) electrons. The van der Waals surface area contributed by atoms with Crippen molar-refractivity contribution >= 4 is 11.9 Å². The number of esters is 2. The monoisotopic (exact) mass is 556 g/mol. The number of ether oxygens (including phenoxy) is 5. The number of phenols is 2. The van der Waals surface area contributed by atoms with Gasteiger partial charge in [-0.3, -0.25) is 4.79 Å². The molecule has 3 rings (SSSR count). The molecule has 1 aromatic carbocycles. The molecule has 2 heterocycles. The maximum atomic E-state index is 12.7. The SMILES string of the molecule is COC(=O)C1=CO[C@@H](O[C@@H]2O[C@H](CO)[C@@H](O)[C@H](O)[C@@H]2O)/C(=C\CO)[C@@H]1CC(=O)OCCc1ccc(O)c(O)c1. The minimum atomic E-state index is -1.75. The van der Waals surface area contributed by atoms with Crippen molar-refractivity contribution in [3.63, 3.8) is 0 Å². The fourth-order valence-electron chi connectivity index (χ4n) is 4.16. The van der Waals surface area contributed by atoms with Gasteiger partial charge < -0.3 is 59.4 Å². The van der Waals surface area contributed by atoms with E-state index in [0.29, 0.717) is 5.56 Å². The highest BCUT2D eigenvalue weighted by atomic mass is 16.8. The Labute approximate surface area is 222 Å². The van der Waals surface area contributed by atoms with Crippen molar-refractivity contribution in [3.05, 3.63) is 47.2 Å². The van der Waals surface area contributed by atoms with E-state index in [9.17, 15) is 45.3 Å². The first kappa shape index (κ1) is 30.3. The summed E-state index contributed by atoms with van der Waals surface area (Å²) in [6, 6.07) is 4.16. The van der Waals surface area contributed by atoms with Crippen LogP contribution in [0.2, 0.25) is 0 Å². The van der Waals surface area contributed by atoms with E-state index in [2.05, 4.69) is 0 Å². The Morgan fingerprint density at radius 2 is 1.79 bits per heavy atom. The van der Waals surface area contributed by atoms with Gasteiger partial charge in [-0.25, -0.2) is 4.79 Å². The minimum Gasteiger partial charge on any atom is -0.504 e.